The smallest absolute Gasteiger partial charge is 0.134 e. The van der Waals surface area contributed by atoms with Crippen molar-refractivity contribution in [3.8, 4) is 11.3 Å². The first-order valence-electron chi connectivity index (χ1n) is 6.81. The van der Waals surface area contributed by atoms with Crippen LogP contribution in [0.4, 0.5) is 4.39 Å². The van der Waals surface area contributed by atoms with Crippen molar-refractivity contribution < 1.29 is 8.81 Å². The van der Waals surface area contributed by atoms with E-state index in [2.05, 4.69) is 19.2 Å². The molecule has 0 aliphatic carbocycles. The molecule has 19 heavy (non-hydrogen) atoms. The summed E-state index contributed by atoms with van der Waals surface area (Å²) in [5, 5.41) is 3.46. The SMILES string of the molecule is CCC(CC)NCc1ccc(-c2ccc(F)cc2)o1. The van der Waals surface area contributed by atoms with Crippen molar-refractivity contribution >= 4 is 0 Å². The third kappa shape index (κ3) is 3.67. The maximum Gasteiger partial charge on any atom is 0.134 e. The Morgan fingerprint density at radius 1 is 1.05 bits per heavy atom. The lowest BCUT2D eigenvalue weighted by molar-refractivity contribution is 0.434. The molecule has 0 atom stereocenters. The fraction of sp³-hybridized carbons (Fsp3) is 0.375. The van der Waals surface area contributed by atoms with Gasteiger partial charge in [0.2, 0.25) is 0 Å². The highest BCUT2D eigenvalue weighted by Crippen LogP contribution is 2.22. The van der Waals surface area contributed by atoms with Crippen molar-refractivity contribution in [1.82, 2.24) is 5.32 Å². The molecule has 0 aliphatic heterocycles. The summed E-state index contributed by atoms with van der Waals surface area (Å²) in [7, 11) is 0. The Kier molecular flexibility index (Phi) is 4.74. The van der Waals surface area contributed by atoms with E-state index < -0.39 is 0 Å². The van der Waals surface area contributed by atoms with Crippen LogP contribution < -0.4 is 5.32 Å². The lowest BCUT2D eigenvalue weighted by Gasteiger charge is -2.13. The highest BCUT2D eigenvalue weighted by molar-refractivity contribution is 5.57. The maximum atomic E-state index is 12.9. The lowest BCUT2D eigenvalue weighted by Crippen LogP contribution is -2.26. The van der Waals surface area contributed by atoms with Crippen LogP contribution in [-0.4, -0.2) is 6.04 Å². The van der Waals surface area contributed by atoms with Crippen LogP contribution in [0.2, 0.25) is 0 Å². The average Bonchev–Trinajstić information content (AvgIpc) is 2.89. The molecule has 0 saturated heterocycles. The predicted molar refractivity (Wildman–Crippen MR) is 75.3 cm³/mol. The van der Waals surface area contributed by atoms with E-state index in [0.29, 0.717) is 6.04 Å². The number of nitrogens with one attached hydrogen (secondary N) is 1. The second-order valence-electron chi connectivity index (χ2n) is 4.67. The molecule has 2 aromatic rings. The molecule has 0 unspecified atom stereocenters. The van der Waals surface area contributed by atoms with E-state index in [9.17, 15) is 4.39 Å². The minimum absolute atomic E-state index is 0.231. The van der Waals surface area contributed by atoms with E-state index in [-0.39, 0.29) is 5.82 Å². The van der Waals surface area contributed by atoms with Crippen LogP contribution >= 0.6 is 0 Å². The molecule has 0 radical (unpaired) electrons. The Bertz CT molecular complexity index is 500. The number of benzene rings is 1. The van der Waals surface area contributed by atoms with Crippen molar-refractivity contribution in [2.24, 2.45) is 0 Å². The molecule has 1 aromatic carbocycles. The first-order chi connectivity index (χ1) is 9.22. The number of hydrogen-bond donors (Lipinski definition) is 1. The summed E-state index contributed by atoms with van der Waals surface area (Å²) in [5.41, 5.74) is 0.898. The zero-order valence-electron chi connectivity index (χ0n) is 11.4. The summed E-state index contributed by atoms with van der Waals surface area (Å²) in [6.45, 7) is 5.08. The molecular formula is C16H20FNO. The van der Waals surface area contributed by atoms with Crippen LogP contribution in [0.25, 0.3) is 11.3 Å². The third-order valence-corrected chi connectivity index (χ3v) is 3.34. The monoisotopic (exact) mass is 261 g/mol. The Balaban J connectivity index is 2.01. The summed E-state index contributed by atoms with van der Waals surface area (Å²) < 4.78 is 18.6. The largest absolute Gasteiger partial charge is 0.460 e. The van der Waals surface area contributed by atoms with E-state index in [1.165, 1.54) is 12.1 Å². The Labute approximate surface area is 113 Å². The minimum Gasteiger partial charge on any atom is -0.460 e. The first-order valence-corrected chi connectivity index (χ1v) is 6.81. The second kappa shape index (κ2) is 6.53. The van der Waals surface area contributed by atoms with Gasteiger partial charge in [-0.25, -0.2) is 4.39 Å². The molecular weight excluding hydrogens is 241 g/mol. The van der Waals surface area contributed by atoms with Crippen LogP contribution in [0.1, 0.15) is 32.4 Å². The molecule has 2 nitrogen and oxygen atoms in total. The zero-order valence-corrected chi connectivity index (χ0v) is 11.4. The predicted octanol–water partition coefficient (Wildman–Crippen LogP) is 4.36. The van der Waals surface area contributed by atoms with Gasteiger partial charge in [0.1, 0.15) is 17.3 Å². The molecule has 1 N–H and O–H groups in total. The molecule has 1 heterocycles. The Morgan fingerprint density at radius 3 is 2.37 bits per heavy atom. The van der Waals surface area contributed by atoms with Crippen LogP contribution in [0, 0.1) is 5.82 Å². The first kappa shape index (κ1) is 13.8. The molecule has 0 spiro atoms. The highest BCUT2D eigenvalue weighted by Gasteiger charge is 2.07. The number of halogens is 1. The van der Waals surface area contributed by atoms with E-state index in [0.717, 1.165) is 36.5 Å². The van der Waals surface area contributed by atoms with Gasteiger partial charge in [-0.3, -0.25) is 0 Å². The van der Waals surface area contributed by atoms with Gasteiger partial charge in [-0.1, -0.05) is 13.8 Å². The molecule has 3 heteroatoms. The molecule has 0 fully saturated rings. The van der Waals surface area contributed by atoms with Crippen molar-refractivity contribution in [2.45, 2.75) is 39.3 Å². The molecule has 1 aromatic heterocycles. The highest BCUT2D eigenvalue weighted by atomic mass is 19.1. The number of rotatable bonds is 6. The summed E-state index contributed by atoms with van der Waals surface area (Å²) >= 11 is 0. The van der Waals surface area contributed by atoms with Crippen LogP contribution in [0.3, 0.4) is 0 Å². The van der Waals surface area contributed by atoms with Crippen molar-refractivity contribution in [3.05, 3.63) is 48.0 Å². The fourth-order valence-electron chi connectivity index (χ4n) is 2.06. The molecule has 0 saturated carbocycles. The maximum absolute atomic E-state index is 12.9. The molecule has 2 rings (SSSR count). The van der Waals surface area contributed by atoms with Gasteiger partial charge in [0, 0.05) is 11.6 Å². The van der Waals surface area contributed by atoms with E-state index in [1.807, 2.05) is 12.1 Å². The van der Waals surface area contributed by atoms with Gasteiger partial charge in [-0.15, -0.1) is 0 Å². The fourth-order valence-corrected chi connectivity index (χ4v) is 2.06. The molecule has 0 bridgehead atoms. The van der Waals surface area contributed by atoms with Crippen molar-refractivity contribution in [2.75, 3.05) is 0 Å². The summed E-state index contributed by atoms with van der Waals surface area (Å²) in [6.07, 6.45) is 2.23. The standard InChI is InChI=1S/C16H20FNO/c1-3-14(4-2)18-11-15-9-10-16(19-15)12-5-7-13(17)8-6-12/h5-10,14,18H,3-4,11H2,1-2H3. The third-order valence-electron chi connectivity index (χ3n) is 3.34. The number of furan rings is 1. The Hall–Kier alpha value is -1.61. The van der Waals surface area contributed by atoms with Crippen LogP contribution in [0.5, 0.6) is 0 Å². The molecule has 102 valence electrons. The van der Waals surface area contributed by atoms with Gasteiger partial charge >= 0.3 is 0 Å². The Morgan fingerprint density at radius 2 is 1.74 bits per heavy atom. The summed E-state index contributed by atoms with van der Waals surface area (Å²) in [4.78, 5) is 0. The van der Waals surface area contributed by atoms with Crippen LogP contribution in [0.15, 0.2) is 40.8 Å². The second-order valence-corrected chi connectivity index (χ2v) is 4.67. The van der Waals surface area contributed by atoms with Crippen LogP contribution in [-0.2, 0) is 6.54 Å². The van der Waals surface area contributed by atoms with Gasteiger partial charge < -0.3 is 9.73 Å². The van der Waals surface area contributed by atoms with Gasteiger partial charge in [-0.2, -0.15) is 0 Å². The van der Waals surface area contributed by atoms with E-state index >= 15 is 0 Å². The average molecular weight is 261 g/mol. The minimum atomic E-state index is -0.231. The van der Waals surface area contributed by atoms with Gasteiger partial charge in [0.25, 0.3) is 0 Å². The van der Waals surface area contributed by atoms with Crippen molar-refractivity contribution in [1.29, 1.82) is 0 Å². The van der Waals surface area contributed by atoms with E-state index in [4.69, 9.17) is 4.42 Å². The lowest BCUT2D eigenvalue weighted by atomic mass is 10.2. The quantitative estimate of drug-likeness (QED) is 0.835. The normalized spacial score (nSPS) is 11.2. The summed E-state index contributed by atoms with van der Waals surface area (Å²) in [5.74, 6) is 1.46. The van der Waals surface area contributed by atoms with Gasteiger partial charge in [0.15, 0.2) is 0 Å². The van der Waals surface area contributed by atoms with Crippen molar-refractivity contribution in [3.63, 3.8) is 0 Å². The van der Waals surface area contributed by atoms with E-state index in [1.54, 1.807) is 12.1 Å². The molecule has 0 amide bonds. The number of hydrogen-bond acceptors (Lipinski definition) is 2. The molecule has 0 aliphatic rings. The zero-order chi connectivity index (χ0) is 13.7. The topological polar surface area (TPSA) is 25.2 Å². The van der Waals surface area contributed by atoms with Gasteiger partial charge in [0.05, 0.1) is 6.54 Å². The van der Waals surface area contributed by atoms with Gasteiger partial charge in [-0.05, 0) is 49.2 Å². The summed E-state index contributed by atoms with van der Waals surface area (Å²) in [6, 6.07) is 10.8.